The van der Waals surface area contributed by atoms with Crippen molar-refractivity contribution in [3.63, 3.8) is 0 Å². The molecule has 0 bridgehead atoms. The number of benzene rings is 1. The summed E-state index contributed by atoms with van der Waals surface area (Å²) in [4.78, 5) is 43.7. The predicted octanol–water partition coefficient (Wildman–Crippen LogP) is 0.0977. The molecule has 5 N–H and O–H groups in total. The van der Waals surface area contributed by atoms with E-state index < -0.39 is 35.3 Å². The molecule has 10 heteroatoms. The standard InChI is InChI=1S/C17H15N5O5/c1-22-15-10(6-19-14(21-15)8-2-4-9(18)5-3-8)13(25)12(17(22)27)16(26)20-7-11(23)24/h2-6,25H,7,18H2,1H3,(H,20,26)(H,23,24). The molecule has 0 aliphatic carbocycles. The monoisotopic (exact) mass is 369 g/mol. The molecule has 0 atom stereocenters. The first-order valence-corrected chi connectivity index (χ1v) is 7.74. The van der Waals surface area contributed by atoms with E-state index in [1.807, 2.05) is 0 Å². The summed E-state index contributed by atoms with van der Waals surface area (Å²) < 4.78 is 1.09. The molecule has 138 valence electrons. The van der Waals surface area contributed by atoms with E-state index in [2.05, 4.69) is 15.3 Å². The number of carboxylic acids is 1. The molecule has 0 saturated heterocycles. The van der Waals surface area contributed by atoms with E-state index in [0.717, 1.165) is 4.57 Å². The first kappa shape index (κ1) is 17.9. The topological polar surface area (TPSA) is 160 Å². The molecule has 3 aromatic rings. The van der Waals surface area contributed by atoms with Crippen molar-refractivity contribution in [2.75, 3.05) is 12.3 Å². The van der Waals surface area contributed by atoms with E-state index in [4.69, 9.17) is 10.8 Å². The second-order valence-corrected chi connectivity index (χ2v) is 5.72. The molecular weight excluding hydrogens is 354 g/mol. The van der Waals surface area contributed by atoms with Crippen LogP contribution < -0.4 is 16.6 Å². The van der Waals surface area contributed by atoms with Crippen molar-refractivity contribution in [3.05, 3.63) is 46.4 Å². The number of hydrogen-bond donors (Lipinski definition) is 4. The first-order valence-electron chi connectivity index (χ1n) is 7.74. The third-order valence-corrected chi connectivity index (χ3v) is 3.89. The average Bonchev–Trinajstić information content (AvgIpc) is 2.65. The Bertz CT molecular complexity index is 1120. The van der Waals surface area contributed by atoms with Gasteiger partial charge in [-0.2, -0.15) is 0 Å². The van der Waals surface area contributed by atoms with Crippen molar-refractivity contribution in [3.8, 4) is 17.1 Å². The number of nitrogen functional groups attached to an aromatic ring is 1. The Kier molecular flexibility index (Phi) is 4.46. The fourth-order valence-corrected chi connectivity index (χ4v) is 2.52. The Morgan fingerprint density at radius 3 is 2.56 bits per heavy atom. The number of carbonyl (C=O) groups is 2. The number of fused-ring (bicyclic) bond motifs is 1. The average molecular weight is 369 g/mol. The quantitative estimate of drug-likeness (QED) is 0.471. The Balaban J connectivity index is 2.14. The van der Waals surface area contributed by atoms with Gasteiger partial charge < -0.3 is 21.3 Å². The third-order valence-electron chi connectivity index (χ3n) is 3.89. The number of hydrogen-bond acceptors (Lipinski definition) is 7. The molecule has 0 aliphatic heterocycles. The van der Waals surface area contributed by atoms with Crippen molar-refractivity contribution in [2.24, 2.45) is 7.05 Å². The van der Waals surface area contributed by atoms with Crippen molar-refractivity contribution in [1.29, 1.82) is 0 Å². The lowest BCUT2D eigenvalue weighted by Crippen LogP contribution is -2.35. The van der Waals surface area contributed by atoms with Crippen LogP contribution in [-0.4, -0.2) is 43.2 Å². The Morgan fingerprint density at radius 2 is 1.93 bits per heavy atom. The zero-order valence-electron chi connectivity index (χ0n) is 14.1. The van der Waals surface area contributed by atoms with Crippen LogP contribution in [0.1, 0.15) is 10.4 Å². The molecule has 27 heavy (non-hydrogen) atoms. The van der Waals surface area contributed by atoms with Gasteiger partial charge in [-0.1, -0.05) is 0 Å². The molecule has 2 heterocycles. The molecule has 0 saturated carbocycles. The lowest BCUT2D eigenvalue weighted by atomic mass is 10.1. The summed E-state index contributed by atoms with van der Waals surface area (Å²) in [7, 11) is 1.39. The van der Waals surface area contributed by atoms with E-state index >= 15 is 0 Å². The molecule has 0 radical (unpaired) electrons. The number of carbonyl (C=O) groups excluding carboxylic acids is 1. The molecule has 0 fully saturated rings. The molecule has 2 aromatic heterocycles. The van der Waals surface area contributed by atoms with Crippen LogP contribution in [0, 0.1) is 0 Å². The number of nitrogens with two attached hydrogens (primary N) is 1. The van der Waals surface area contributed by atoms with Crippen molar-refractivity contribution < 1.29 is 19.8 Å². The lowest BCUT2D eigenvalue weighted by molar-refractivity contribution is -0.135. The SMILES string of the molecule is Cn1c(=O)c(C(=O)NCC(=O)O)c(O)c2cnc(-c3ccc(N)cc3)nc21. The third kappa shape index (κ3) is 3.27. The summed E-state index contributed by atoms with van der Waals surface area (Å²) >= 11 is 0. The number of nitrogens with zero attached hydrogens (tertiary/aromatic N) is 3. The van der Waals surface area contributed by atoms with Gasteiger partial charge in [0, 0.05) is 24.5 Å². The number of anilines is 1. The summed E-state index contributed by atoms with van der Waals surface area (Å²) in [5.41, 5.74) is 5.61. The van der Waals surface area contributed by atoms with Crippen LogP contribution in [0.4, 0.5) is 5.69 Å². The maximum atomic E-state index is 12.5. The highest BCUT2D eigenvalue weighted by molar-refractivity contribution is 6.02. The van der Waals surface area contributed by atoms with Crippen LogP contribution in [0.25, 0.3) is 22.4 Å². The molecule has 1 aromatic carbocycles. The molecular formula is C17H15N5O5. The summed E-state index contributed by atoms with van der Waals surface area (Å²) in [6.07, 6.45) is 1.29. The van der Waals surface area contributed by atoms with Crippen LogP contribution in [0.2, 0.25) is 0 Å². The van der Waals surface area contributed by atoms with Crippen LogP contribution in [0.3, 0.4) is 0 Å². The molecule has 0 unspecified atom stereocenters. The van der Waals surface area contributed by atoms with Gasteiger partial charge in [0.15, 0.2) is 5.82 Å². The van der Waals surface area contributed by atoms with Crippen LogP contribution >= 0.6 is 0 Å². The second-order valence-electron chi connectivity index (χ2n) is 5.72. The molecule has 0 spiro atoms. The maximum absolute atomic E-state index is 12.5. The fraction of sp³-hybridized carbons (Fsp3) is 0.118. The smallest absolute Gasteiger partial charge is 0.322 e. The number of rotatable bonds is 4. The fourth-order valence-electron chi connectivity index (χ4n) is 2.52. The van der Waals surface area contributed by atoms with Gasteiger partial charge >= 0.3 is 5.97 Å². The van der Waals surface area contributed by atoms with Gasteiger partial charge in [0.2, 0.25) is 0 Å². The van der Waals surface area contributed by atoms with Gasteiger partial charge in [0.05, 0.1) is 5.39 Å². The summed E-state index contributed by atoms with van der Waals surface area (Å²) in [5, 5.41) is 21.1. The van der Waals surface area contributed by atoms with Gasteiger partial charge in [-0.15, -0.1) is 0 Å². The Labute approximate surface area is 151 Å². The van der Waals surface area contributed by atoms with E-state index in [0.29, 0.717) is 17.1 Å². The normalized spacial score (nSPS) is 10.7. The van der Waals surface area contributed by atoms with Crippen molar-refractivity contribution in [1.82, 2.24) is 19.9 Å². The molecule has 1 amide bonds. The number of amides is 1. The van der Waals surface area contributed by atoms with Crippen LogP contribution in [0.15, 0.2) is 35.3 Å². The lowest BCUT2D eigenvalue weighted by Gasteiger charge is -2.11. The minimum absolute atomic E-state index is 0.0803. The number of aromatic nitrogens is 3. The zero-order chi connectivity index (χ0) is 19.7. The Morgan fingerprint density at radius 1 is 1.26 bits per heavy atom. The highest BCUT2D eigenvalue weighted by Crippen LogP contribution is 2.26. The van der Waals surface area contributed by atoms with E-state index in [1.165, 1.54) is 13.2 Å². The minimum Gasteiger partial charge on any atom is -0.506 e. The van der Waals surface area contributed by atoms with Gasteiger partial charge in [0.1, 0.15) is 23.5 Å². The number of pyridine rings is 1. The van der Waals surface area contributed by atoms with Crippen LogP contribution in [-0.2, 0) is 11.8 Å². The number of aromatic hydroxyl groups is 1. The number of nitrogens with one attached hydrogen (secondary N) is 1. The highest BCUT2D eigenvalue weighted by atomic mass is 16.4. The van der Waals surface area contributed by atoms with Gasteiger partial charge in [-0.3, -0.25) is 19.0 Å². The van der Waals surface area contributed by atoms with E-state index in [1.54, 1.807) is 24.3 Å². The summed E-state index contributed by atoms with van der Waals surface area (Å²) in [5.74, 6) is -2.59. The zero-order valence-corrected chi connectivity index (χ0v) is 14.1. The predicted molar refractivity (Wildman–Crippen MR) is 96.3 cm³/mol. The first-order chi connectivity index (χ1) is 12.8. The highest BCUT2D eigenvalue weighted by Gasteiger charge is 2.22. The number of aryl methyl sites for hydroxylation is 1. The number of carboxylic acid groups (broad SMARTS) is 1. The molecule has 10 nitrogen and oxygen atoms in total. The van der Waals surface area contributed by atoms with Gasteiger partial charge in [-0.25, -0.2) is 9.97 Å². The van der Waals surface area contributed by atoms with Gasteiger partial charge in [-0.05, 0) is 24.3 Å². The maximum Gasteiger partial charge on any atom is 0.322 e. The minimum atomic E-state index is -1.28. The van der Waals surface area contributed by atoms with Crippen molar-refractivity contribution in [2.45, 2.75) is 0 Å². The molecule has 0 aliphatic rings. The molecule has 3 rings (SSSR count). The van der Waals surface area contributed by atoms with Crippen LogP contribution in [0.5, 0.6) is 5.75 Å². The summed E-state index contributed by atoms with van der Waals surface area (Å²) in [6, 6.07) is 6.77. The van der Waals surface area contributed by atoms with E-state index in [-0.39, 0.29) is 11.0 Å². The number of aliphatic carboxylic acids is 1. The summed E-state index contributed by atoms with van der Waals surface area (Å²) in [6.45, 7) is -0.688. The van der Waals surface area contributed by atoms with E-state index in [9.17, 15) is 19.5 Å². The largest absolute Gasteiger partial charge is 0.506 e. The van der Waals surface area contributed by atoms with Crippen molar-refractivity contribution >= 4 is 28.6 Å². The van der Waals surface area contributed by atoms with Gasteiger partial charge in [0.25, 0.3) is 11.5 Å². The second kappa shape index (κ2) is 6.75. The Hall–Kier alpha value is -3.95.